The van der Waals surface area contributed by atoms with Crippen molar-refractivity contribution in [1.29, 1.82) is 0 Å². The monoisotopic (exact) mass is 380 g/mol. The van der Waals surface area contributed by atoms with Crippen molar-refractivity contribution in [3.05, 3.63) is 78.1 Å². The van der Waals surface area contributed by atoms with Crippen molar-refractivity contribution in [2.45, 2.75) is 0 Å². The van der Waals surface area contributed by atoms with Crippen LogP contribution in [0.5, 0.6) is 0 Å². The molecule has 2 aromatic carbocycles. The molecule has 142 valence electrons. The highest BCUT2D eigenvalue weighted by Gasteiger charge is 2.24. The number of benzene rings is 2. The number of aromatic nitrogens is 2. The third-order valence-electron chi connectivity index (χ3n) is 4.79. The first-order chi connectivity index (χ1) is 13.6. The van der Waals surface area contributed by atoms with E-state index in [1.54, 1.807) is 29.2 Å². The quantitative estimate of drug-likeness (QED) is 0.699. The number of hydrogen-bond acceptors (Lipinski definition) is 4. The van der Waals surface area contributed by atoms with E-state index in [0.29, 0.717) is 31.9 Å². The minimum atomic E-state index is -0.505. The lowest BCUT2D eigenvalue weighted by molar-refractivity contribution is 0.0742. The van der Waals surface area contributed by atoms with Crippen LogP contribution >= 0.6 is 0 Å². The first-order valence-electron chi connectivity index (χ1n) is 8.98. The minimum Gasteiger partial charge on any atom is -0.353 e. The molecule has 1 fully saturated rings. The van der Waals surface area contributed by atoms with Crippen LogP contribution in [0.3, 0.4) is 0 Å². The molecule has 1 saturated heterocycles. The average Bonchev–Trinajstić information content (AvgIpc) is 2.74. The predicted molar refractivity (Wildman–Crippen MR) is 102 cm³/mol. The van der Waals surface area contributed by atoms with Gasteiger partial charge in [0.25, 0.3) is 5.91 Å². The van der Waals surface area contributed by atoms with Gasteiger partial charge in [0.15, 0.2) is 0 Å². The Kier molecular flexibility index (Phi) is 4.97. The minimum absolute atomic E-state index is 0.0941. The van der Waals surface area contributed by atoms with E-state index in [-0.39, 0.29) is 17.3 Å². The van der Waals surface area contributed by atoms with Crippen LogP contribution in [0.4, 0.5) is 14.6 Å². The average molecular weight is 380 g/mol. The van der Waals surface area contributed by atoms with Gasteiger partial charge in [-0.3, -0.25) is 4.79 Å². The summed E-state index contributed by atoms with van der Waals surface area (Å²) in [6, 6.07) is 14.0. The molecule has 7 heteroatoms. The van der Waals surface area contributed by atoms with Gasteiger partial charge in [-0.05, 0) is 36.4 Å². The molecular formula is C21H18F2N4O. The fourth-order valence-electron chi connectivity index (χ4n) is 3.24. The van der Waals surface area contributed by atoms with E-state index in [1.807, 2.05) is 6.07 Å². The smallest absolute Gasteiger partial charge is 0.256 e. The third-order valence-corrected chi connectivity index (χ3v) is 4.79. The number of piperazine rings is 1. The molecule has 0 spiro atoms. The van der Waals surface area contributed by atoms with Crippen LogP contribution in [0.25, 0.3) is 11.3 Å². The molecule has 0 aliphatic carbocycles. The lowest BCUT2D eigenvalue weighted by Gasteiger charge is -2.35. The number of carbonyl (C=O) groups excluding carboxylic acids is 1. The van der Waals surface area contributed by atoms with Gasteiger partial charge in [0.05, 0.1) is 11.3 Å². The summed E-state index contributed by atoms with van der Waals surface area (Å²) in [4.78, 5) is 24.8. The van der Waals surface area contributed by atoms with Gasteiger partial charge in [0, 0.05) is 37.8 Å². The molecule has 0 bridgehead atoms. The van der Waals surface area contributed by atoms with Crippen LogP contribution < -0.4 is 4.90 Å². The number of carbonyl (C=O) groups is 1. The van der Waals surface area contributed by atoms with Gasteiger partial charge < -0.3 is 9.80 Å². The van der Waals surface area contributed by atoms with Gasteiger partial charge in [0.1, 0.15) is 23.8 Å². The molecule has 1 aromatic heterocycles. The summed E-state index contributed by atoms with van der Waals surface area (Å²) < 4.78 is 27.0. The van der Waals surface area contributed by atoms with Gasteiger partial charge in [0.2, 0.25) is 0 Å². The lowest BCUT2D eigenvalue weighted by atomic mass is 10.1. The van der Waals surface area contributed by atoms with Gasteiger partial charge in [-0.2, -0.15) is 0 Å². The molecule has 28 heavy (non-hydrogen) atoms. The summed E-state index contributed by atoms with van der Waals surface area (Å²) in [5.41, 5.74) is 1.60. The number of anilines is 1. The number of rotatable bonds is 3. The summed E-state index contributed by atoms with van der Waals surface area (Å²) in [7, 11) is 0. The zero-order chi connectivity index (χ0) is 19.5. The molecule has 1 aliphatic heterocycles. The van der Waals surface area contributed by atoms with Crippen LogP contribution in [0.15, 0.2) is 60.9 Å². The first-order valence-corrected chi connectivity index (χ1v) is 8.98. The van der Waals surface area contributed by atoms with Crippen molar-refractivity contribution in [3.8, 4) is 11.3 Å². The van der Waals surface area contributed by atoms with Crippen molar-refractivity contribution in [3.63, 3.8) is 0 Å². The van der Waals surface area contributed by atoms with E-state index in [1.165, 1.54) is 30.6 Å². The molecule has 1 amide bonds. The molecule has 0 atom stereocenters. The summed E-state index contributed by atoms with van der Waals surface area (Å²) in [5, 5.41) is 0. The topological polar surface area (TPSA) is 49.3 Å². The Bertz CT molecular complexity index is 986. The van der Waals surface area contributed by atoms with Gasteiger partial charge in [-0.1, -0.05) is 12.1 Å². The fourth-order valence-corrected chi connectivity index (χ4v) is 3.24. The Morgan fingerprint density at radius 3 is 2.32 bits per heavy atom. The largest absolute Gasteiger partial charge is 0.353 e. The van der Waals surface area contributed by atoms with E-state index in [0.717, 1.165) is 11.4 Å². The SMILES string of the molecule is O=C(c1ccccc1F)N1CCN(c2cc(-c3ccc(F)cc3)ncn2)CC1. The van der Waals surface area contributed by atoms with E-state index in [4.69, 9.17) is 0 Å². The summed E-state index contributed by atoms with van der Waals surface area (Å²) in [5.74, 6) is -0.358. The third kappa shape index (κ3) is 3.69. The molecular weight excluding hydrogens is 362 g/mol. The number of hydrogen-bond donors (Lipinski definition) is 0. The van der Waals surface area contributed by atoms with Gasteiger partial charge in [-0.15, -0.1) is 0 Å². The van der Waals surface area contributed by atoms with Crippen LogP contribution in [-0.2, 0) is 0 Å². The van der Waals surface area contributed by atoms with Gasteiger partial charge >= 0.3 is 0 Å². The maximum absolute atomic E-state index is 13.9. The molecule has 4 rings (SSSR count). The van der Waals surface area contributed by atoms with E-state index < -0.39 is 5.82 Å². The number of nitrogens with zero attached hydrogens (tertiary/aromatic N) is 4. The van der Waals surface area contributed by atoms with Gasteiger partial charge in [-0.25, -0.2) is 18.7 Å². The second-order valence-corrected chi connectivity index (χ2v) is 6.53. The maximum atomic E-state index is 13.9. The predicted octanol–water partition coefficient (Wildman–Crippen LogP) is 3.38. The van der Waals surface area contributed by atoms with E-state index in [9.17, 15) is 13.6 Å². The molecule has 0 radical (unpaired) electrons. The highest BCUT2D eigenvalue weighted by Crippen LogP contribution is 2.22. The Hall–Kier alpha value is -3.35. The summed E-state index contributed by atoms with van der Waals surface area (Å²) in [6.07, 6.45) is 1.48. The molecule has 0 N–H and O–H groups in total. The van der Waals surface area contributed by atoms with Crippen LogP contribution in [0.1, 0.15) is 10.4 Å². The molecule has 0 saturated carbocycles. The van der Waals surface area contributed by atoms with Crippen LogP contribution in [0.2, 0.25) is 0 Å². The molecule has 0 unspecified atom stereocenters. The van der Waals surface area contributed by atoms with Crippen molar-refractivity contribution >= 4 is 11.7 Å². The zero-order valence-corrected chi connectivity index (χ0v) is 15.1. The summed E-state index contributed by atoms with van der Waals surface area (Å²) >= 11 is 0. The summed E-state index contributed by atoms with van der Waals surface area (Å²) in [6.45, 7) is 2.12. The Morgan fingerprint density at radius 2 is 1.61 bits per heavy atom. The standard InChI is InChI=1S/C21H18F2N4O/c22-16-7-5-15(6-8-16)19-13-20(25-14-24-19)26-9-11-27(12-10-26)21(28)17-3-1-2-4-18(17)23/h1-8,13-14H,9-12H2. The van der Waals surface area contributed by atoms with Crippen molar-refractivity contribution in [2.75, 3.05) is 31.1 Å². The maximum Gasteiger partial charge on any atom is 0.256 e. The highest BCUT2D eigenvalue weighted by atomic mass is 19.1. The molecule has 5 nitrogen and oxygen atoms in total. The fraction of sp³-hybridized carbons (Fsp3) is 0.190. The lowest BCUT2D eigenvalue weighted by Crippen LogP contribution is -2.49. The Morgan fingerprint density at radius 1 is 0.893 bits per heavy atom. The Labute approximate surface area is 161 Å². The first kappa shape index (κ1) is 18.0. The van der Waals surface area contributed by atoms with Crippen molar-refractivity contribution in [1.82, 2.24) is 14.9 Å². The van der Waals surface area contributed by atoms with Crippen LogP contribution in [0, 0.1) is 11.6 Å². The van der Waals surface area contributed by atoms with E-state index >= 15 is 0 Å². The second-order valence-electron chi connectivity index (χ2n) is 6.53. The van der Waals surface area contributed by atoms with E-state index in [2.05, 4.69) is 14.9 Å². The molecule has 1 aliphatic rings. The normalized spacial score (nSPS) is 14.2. The Balaban J connectivity index is 1.45. The number of amides is 1. The molecule has 2 heterocycles. The van der Waals surface area contributed by atoms with Crippen LogP contribution in [-0.4, -0.2) is 47.0 Å². The second kappa shape index (κ2) is 7.72. The van der Waals surface area contributed by atoms with Crippen molar-refractivity contribution < 1.29 is 13.6 Å². The molecule has 3 aromatic rings. The zero-order valence-electron chi connectivity index (χ0n) is 15.1. The van der Waals surface area contributed by atoms with Crippen molar-refractivity contribution in [2.24, 2.45) is 0 Å². The number of halogens is 2. The highest BCUT2D eigenvalue weighted by molar-refractivity contribution is 5.94.